The Morgan fingerprint density at radius 3 is 2.94 bits per heavy atom. The Balaban J connectivity index is 2.16. The zero-order valence-corrected chi connectivity index (χ0v) is 9.70. The van der Waals surface area contributed by atoms with Crippen LogP contribution in [0.4, 0.5) is 10.1 Å². The number of hydrogen-bond donors (Lipinski definition) is 3. The van der Waals surface area contributed by atoms with Gasteiger partial charge in [0, 0.05) is 5.69 Å². The molecular formula is C12H12FN3O2. The van der Waals surface area contributed by atoms with E-state index in [1.54, 1.807) is 6.33 Å². The lowest BCUT2D eigenvalue weighted by Crippen LogP contribution is -2.05. The summed E-state index contributed by atoms with van der Waals surface area (Å²) in [4.78, 5) is 17.8. The average molecular weight is 249 g/mol. The van der Waals surface area contributed by atoms with Crippen molar-refractivity contribution < 1.29 is 14.3 Å². The quantitative estimate of drug-likeness (QED) is 0.776. The van der Waals surface area contributed by atoms with Crippen molar-refractivity contribution in [3.8, 4) is 0 Å². The monoisotopic (exact) mass is 249 g/mol. The summed E-state index contributed by atoms with van der Waals surface area (Å²) in [5.74, 6) is -1.58. The van der Waals surface area contributed by atoms with Gasteiger partial charge in [0.2, 0.25) is 0 Å². The Hall–Kier alpha value is -2.37. The van der Waals surface area contributed by atoms with Gasteiger partial charge in [-0.15, -0.1) is 0 Å². The van der Waals surface area contributed by atoms with Gasteiger partial charge in [0.15, 0.2) is 0 Å². The molecule has 0 spiro atoms. The summed E-state index contributed by atoms with van der Waals surface area (Å²) in [6, 6.07) is 3.62. The maximum absolute atomic E-state index is 13.5. The number of aromatic carboxylic acids is 1. The van der Waals surface area contributed by atoms with E-state index in [0.717, 1.165) is 17.5 Å². The molecular weight excluding hydrogens is 237 g/mol. The van der Waals surface area contributed by atoms with Crippen LogP contribution in [0.1, 0.15) is 21.7 Å². The fourth-order valence-corrected chi connectivity index (χ4v) is 1.54. The number of carbonyl (C=O) groups is 1. The summed E-state index contributed by atoms with van der Waals surface area (Å²) in [7, 11) is 0. The molecule has 2 aromatic rings. The van der Waals surface area contributed by atoms with Crippen molar-refractivity contribution in [1.82, 2.24) is 9.97 Å². The largest absolute Gasteiger partial charge is 0.478 e. The van der Waals surface area contributed by atoms with Crippen LogP contribution in [0.25, 0.3) is 0 Å². The second kappa shape index (κ2) is 4.87. The first-order valence-electron chi connectivity index (χ1n) is 5.33. The summed E-state index contributed by atoms with van der Waals surface area (Å²) in [6.45, 7) is 2.18. The van der Waals surface area contributed by atoms with Crippen LogP contribution < -0.4 is 5.32 Å². The van der Waals surface area contributed by atoms with Crippen molar-refractivity contribution in [2.45, 2.75) is 13.5 Å². The zero-order chi connectivity index (χ0) is 13.1. The Kier molecular flexibility index (Phi) is 3.27. The zero-order valence-electron chi connectivity index (χ0n) is 9.70. The molecule has 3 N–H and O–H groups in total. The second-order valence-corrected chi connectivity index (χ2v) is 3.83. The molecule has 0 amide bonds. The van der Waals surface area contributed by atoms with Crippen LogP contribution in [0.5, 0.6) is 0 Å². The number of H-pyrrole nitrogens is 1. The standard InChI is InChI=1S/C12H12FN3O2/c1-7-11(16-6-15-7)5-14-10-4-8(12(17)18)2-3-9(10)13/h2-4,6,14H,5H2,1H3,(H,15,16)(H,17,18). The van der Waals surface area contributed by atoms with Crippen molar-refractivity contribution in [2.24, 2.45) is 0 Å². The van der Waals surface area contributed by atoms with E-state index >= 15 is 0 Å². The van der Waals surface area contributed by atoms with Gasteiger partial charge in [-0.2, -0.15) is 0 Å². The van der Waals surface area contributed by atoms with E-state index < -0.39 is 11.8 Å². The minimum Gasteiger partial charge on any atom is -0.478 e. The van der Waals surface area contributed by atoms with Gasteiger partial charge in [0.05, 0.1) is 29.8 Å². The van der Waals surface area contributed by atoms with Crippen molar-refractivity contribution in [1.29, 1.82) is 0 Å². The number of aryl methyl sites for hydroxylation is 1. The van der Waals surface area contributed by atoms with E-state index in [2.05, 4.69) is 15.3 Å². The van der Waals surface area contributed by atoms with Gasteiger partial charge in [-0.05, 0) is 25.1 Å². The summed E-state index contributed by atoms with van der Waals surface area (Å²) < 4.78 is 13.5. The van der Waals surface area contributed by atoms with Gasteiger partial charge < -0.3 is 15.4 Å². The molecule has 0 aliphatic rings. The first-order chi connectivity index (χ1) is 8.58. The van der Waals surface area contributed by atoms with Gasteiger partial charge in [0.25, 0.3) is 0 Å². The number of benzene rings is 1. The lowest BCUT2D eigenvalue weighted by atomic mass is 10.2. The molecule has 6 heteroatoms. The topological polar surface area (TPSA) is 78.0 Å². The van der Waals surface area contributed by atoms with Crippen LogP contribution in [0.2, 0.25) is 0 Å². The summed E-state index contributed by atoms with van der Waals surface area (Å²) in [6.07, 6.45) is 1.55. The Labute approximate surface area is 103 Å². The van der Waals surface area contributed by atoms with Crippen LogP contribution in [-0.2, 0) is 6.54 Å². The third kappa shape index (κ3) is 2.48. The molecule has 0 bridgehead atoms. The number of anilines is 1. The van der Waals surface area contributed by atoms with Gasteiger partial charge >= 0.3 is 5.97 Å². The maximum atomic E-state index is 13.5. The highest BCUT2D eigenvalue weighted by Gasteiger charge is 2.09. The highest BCUT2D eigenvalue weighted by molar-refractivity contribution is 5.88. The lowest BCUT2D eigenvalue weighted by molar-refractivity contribution is 0.0697. The van der Waals surface area contributed by atoms with Gasteiger partial charge in [-0.25, -0.2) is 14.2 Å². The van der Waals surface area contributed by atoms with Crippen LogP contribution in [0.15, 0.2) is 24.5 Å². The molecule has 0 atom stereocenters. The third-order valence-electron chi connectivity index (χ3n) is 2.59. The molecule has 0 radical (unpaired) electrons. The predicted octanol–water partition coefficient (Wildman–Crippen LogP) is 2.17. The summed E-state index contributed by atoms with van der Waals surface area (Å²) >= 11 is 0. The molecule has 5 nitrogen and oxygen atoms in total. The maximum Gasteiger partial charge on any atom is 0.335 e. The normalized spacial score (nSPS) is 10.3. The van der Waals surface area contributed by atoms with Crippen LogP contribution >= 0.6 is 0 Å². The molecule has 94 valence electrons. The van der Waals surface area contributed by atoms with Crippen LogP contribution in [-0.4, -0.2) is 21.0 Å². The van der Waals surface area contributed by atoms with Crippen LogP contribution in [0.3, 0.4) is 0 Å². The fourth-order valence-electron chi connectivity index (χ4n) is 1.54. The van der Waals surface area contributed by atoms with Crippen LogP contribution in [0, 0.1) is 12.7 Å². The number of hydrogen-bond acceptors (Lipinski definition) is 3. The van der Waals surface area contributed by atoms with Crippen molar-refractivity contribution in [3.05, 3.63) is 47.3 Å². The number of halogens is 1. The Bertz CT molecular complexity index is 580. The second-order valence-electron chi connectivity index (χ2n) is 3.83. The Morgan fingerprint density at radius 1 is 1.56 bits per heavy atom. The number of imidazole rings is 1. The minimum absolute atomic E-state index is 0.0395. The summed E-state index contributed by atoms with van der Waals surface area (Å²) in [5, 5.41) is 11.7. The van der Waals surface area contributed by atoms with E-state index in [0.29, 0.717) is 6.54 Å². The third-order valence-corrected chi connectivity index (χ3v) is 2.59. The smallest absolute Gasteiger partial charge is 0.335 e. The number of carboxylic acids is 1. The first-order valence-corrected chi connectivity index (χ1v) is 5.33. The van der Waals surface area contributed by atoms with E-state index in [9.17, 15) is 9.18 Å². The molecule has 0 fully saturated rings. The van der Waals surface area contributed by atoms with E-state index in [1.807, 2.05) is 6.92 Å². The lowest BCUT2D eigenvalue weighted by Gasteiger charge is -2.07. The number of rotatable bonds is 4. The molecule has 0 saturated heterocycles. The molecule has 0 aliphatic heterocycles. The van der Waals surface area contributed by atoms with Crippen molar-refractivity contribution >= 4 is 11.7 Å². The number of nitrogens with one attached hydrogen (secondary N) is 2. The van der Waals surface area contributed by atoms with E-state index in [-0.39, 0.29) is 11.3 Å². The molecule has 1 heterocycles. The molecule has 1 aromatic heterocycles. The number of carboxylic acid groups (broad SMARTS) is 1. The molecule has 18 heavy (non-hydrogen) atoms. The number of aromatic amines is 1. The first kappa shape index (κ1) is 12.1. The Morgan fingerprint density at radius 2 is 2.33 bits per heavy atom. The molecule has 0 saturated carbocycles. The molecule has 2 rings (SSSR count). The highest BCUT2D eigenvalue weighted by Crippen LogP contribution is 2.17. The highest BCUT2D eigenvalue weighted by atomic mass is 19.1. The van der Waals surface area contributed by atoms with Crippen molar-refractivity contribution in [2.75, 3.05) is 5.32 Å². The summed E-state index contributed by atoms with van der Waals surface area (Å²) in [5.41, 5.74) is 1.84. The van der Waals surface area contributed by atoms with E-state index in [4.69, 9.17) is 5.11 Å². The molecule has 1 aromatic carbocycles. The average Bonchev–Trinajstić information content (AvgIpc) is 2.73. The van der Waals surface area contributed by atoms with Gasteiger partial charge in [-0.3, -0.25) is 0 Å². The van der Waals surface area contributed by atoms with Gasteiger partial charge in [-0.1, -0.05) is 0 Å². The predicted molar refractivity (Wildman–Crippen MR) is 64.0 cm³/mol. The molecule has 0 aliphatic carbocycles. The molecule has 0 unspecified atom stereocenters. The van der Waals surface area contributed by atoms with Crippen molar-refractivity contribution in [3.63, 3.8) is 0 Å². The SMILES string of the molecule is Cc1[nH]cnc1CNc1cc(C(=O)O)ccc1F. The number of aromatic nitrogens is 2. The van der Waals surface area contributed by atoms with E-state index in [1.165, 1.54) is 12.1 Å². The minimum atomic E-state index is -1.09. The fraction of sp³-hybridized carbons (Fsp3) is 0.167. The number of nitrogens with zero attached hydrogens (tertiary/aromatic N) is 1. The van der Waals surface area contributed by atoms with Gasteiger partial charge in [0.1, 0.15) is 5.82 Å².